The largest absolute Gasteiger partial charge is 0.478 e. The lowest BCUT2D eigenvalue weighted by Crippen LogP contribution is -2.11. The molecule has 0 amide bonds. The molecule has 1 aromatic heterocycles. The molecule has 0 saturated heterocycles. The zero-order valence-electron chi connectivity index (χ0n) is 10.0. The van der Waals surface area contributed by atoms with Gasteiger partial charge in [-0.25, -0.2) is 8.75 Å². The van der Waals surface area contributed by atoms with Crippen LogP contribution in [0.25, 0.3) is 15.8 Å². The van der Waals surface area contributed by atoms with E-state index in [2.05, 4.69) is 15.9 Å². The molecule has 0 saturated carbocycles. The van der Waals surface area contributed by atoms with E-state index in [0.717, 1.165) is 4.70 Å². The minimum Gasteiger partial charge on any atom is -0.478 e. The molecule has 0 bridgehead atoms. The fourth-order valence-corrected chi connectivity index (χ4v) is 3.64. The van der Waals surface area contributed by atoms with Gasteiger partial charge in [0.05, 0.1) is 21.3 Å². The Balaban J connectivity index is 2.23. The molecule has 0 aliphatic carbocycles. The van der Waals surface area contributed by atoms with Crippen molar-refractivity contribution in [2.45, 2.75) is 0 Å². The summed E-state index contributed by atoms with van der Waals surface area (Å²) < 4.78 is 3.03. The van der Waals surface area contributed by atoms with Crippen molar-refractivity contribution in [1.29, 1.82) is 0 Å². The molecule has 0 atom stereocenters. The minimum absolute atomic E-state index is 0.102. The molecular weight excluding hydrogens is 342 g/mol. The average Bonchev–Trinajstić information content (AvgIpc) is 2.76. The van der Waals surface area contributed by atoms with E-state index >= 15 is 0 Å². The van der Waals surface area contributed by atoms with Gasteiger partial charge in [0.15, 0.2) is 0 Å². The second-order valence-corrected chi connectivity index (χ2v) is 6.00. The fraction of sp³-hybridized carbons (Fsp3) is 0. The van der Waals surface area contributed by atoms with E-state index in [-0.39, 0.29) is 11.1 Å². The van der Waals surface area contributed by atoms with E-state index in [1.807, 2.05) is 18.2 Å². The molecule has 2 aromatic carbocycles. The number of aromatic nitrogens is 1. The maximum absolute atomic E-state index is 12.3. The first kappa shape index (κ1) is 13.1. The highest BCUT2D eigenvalue weighted by Crippen LogP contribution is 2.26. The lowest BCUT2D eigenvalue weighted by molar-refractivity contribution is 0.0697. The Labute approximate surface area is 126 Å². The van der Waals surface area contributed by atoms with E-state index in [1.165, 1.54) is 23.7 Å². The van der Waals surface area contributed by atoms with Gasteiger partial charge in [-0.3, -0.25) is 4.79 Å². The van der Waals surface area contributed by atoms with Crippen LogP contribution in [0.5, 0.6) is 0 Å². The van der Waals surface area contributed by atoms with Crippen molar-refractivity contribution >= 4 is 43.5 Å². The number of rotatable bonds is 2. The van der Waals surface area contributed by atoms with Crippen LogP contribution in [-0.2, 0) is 0 Å². The molecule has 0 unspecified atom stereocenters. The Morgan fingerprint density at radius 3 is 2.60 bits per heavy atom. The highest BCUT2D eigenvalue weighted by Gasteiger charge is 2.13. The summed E-state index contributed by atoms with van der Waals surface area (Å²) >= 11 is 4.66. The topological polar surface area (TPSA) is 59.3 Å². The molecular formula is C14H8BrNO3S. The predicted octanol–water partition coefficient (Wildman–Crippen LogP) is 3.51. The van der Waals surface area contributed by atoms with E-state index in [1.54, 1.807) is 16.1 Å². The molecule has 3 aromatic rings. The number of hydrogen-bond donors (Lipinski definition) is 1. The number of benzene rings is 2. The lowest BCUT2D eigenvalue weighted by Gasteiger charge is -2.04. The first-order valence-electron chi connectivity index (χ1n) is 5.72. The third-order valence-corrected chi connectivity index (χ3v) is 4.64. The summed E-state index contributed by atoms with van der Waals surface area (Å²) in [7, 11) is 0. The zero-order chi connectivity index (χ0) is 14.3. The maximum atomic E-state index is 12.3. The normalized spacial score (nSPS) is 10.8. The van der Waals surface area contributed by atoms with Gasteiger partial charge in [-0.05, 0) is 46.3 Å². The third-order valence-electron chi connectivity index (χ3n) is 2.90. The Kier molecular flexibility index (Phi) is 3.19. The Hall–Kier alpha value is -1.92. The monoisotopic (exact) mass is 349 g/mol. The van der Waals surface area contributed by atoms with Crippen LogP contribution in [0, 0.1) is 0 Å². The molecule has 4 nitrogen and oxygen atoms in total. The molecule has 0 spiro atoms. The smallest absolute Gasteiger partial charge is 0.335 e. The van der Waals surface area contributed by atoms with Crippen LogP contribution in [0.1, 0.15) is 10.4 Å². The number of nitrogens with zero attached hydrogens (tertiary/aromatic N) is 1. The number of carboxylic acid groups (broad SMARTS) is 1. The summed E-state index contributed by atoms with van der Waals surface area (Å²) in [4.78, 5) is 23.3. The molecule has 0 radical (unpaired) electrons. The van der Waals surface area contributed by atoms with Gasteiger partial charge < -0.3 is 5.11 Å². The van der Waals surface area contributed by atoms with Gasteiger partial charge in [0.2, 0.25) is 0 Å². The van der Waals surface area contributed by atoms with Crippen LogP contribution in [-0.4, -0.2) is 15.0 Å². The van der Waals surface area contributed by atoms with E-state index < -0.39 is 5.97 Å². The van der Waals surface area contributed by atoms with Crippen molar-refractivity contribution in [3.05, 3.63) is 62.9 Å². The van der Waals surface area contributed by atoms with Crippen molar-refractivity contribution < 1.29 is 9.90 Å². The first-order valence-corrected chi connectivity index (χ1v) is 7.29. The van der Waals surface area contributed by atoms with Crippen LogP contribution in [0.15, 0.2) is 51.7 Å². The summed E-state index contributed by atoms with van der Waals surface area (Å²) in [6.45, 7) is 0. The van der Waals surface area contributed by atoms with Crippen LogP contribution >= 0.6 is 27.5 Å². The SMILES string of the molecule is O=C(O)c1ccc(-n2sc3ccccc3c2=O)c(Br)c1. The molecule has 20 heavy (non-hydrogen) atoms. The van der Waals surface area contributed by atoms with Gasteiger partial charge in [-0.1, -0.05) is 23.7 Å². The van der Waals surface area contributed by atoms with E-state index in [0.29, 0.717) is 15.5 Å². The Morgan fingerprint density at radius 2 is 1.95 bits per heavy atom. The van der Waals surface area contributed by atoms with Crippen LogP contribution in [0.3, 0.4) is 0 Å². The van der Waals surface area contributed by atoms with Gasteiger partial charge >= 0.3 is 5.97 Å². The van der Waals surface area contributed by atoms with Crippen molar-refractivity contribution in [2.75, 3.05) is 0 Å². The summed E-state index contributed by atoms with van der Waals surface area (Å²) in [5.41, 5.74) is 0.713. The molecule has 100 valence electrons. The van der Waals surface area contributed by atoms with Gasteiger partial charge in [0.1, 0.15) is 0 Å². The summed E-state index contributed by atoms with van der Waals surface area (Å²) in [5.74, 6) is -0.999. The molecule has 0 aliphatic heterocycles. The van der Waals surface area contributed by atoms with E-state index in [9.17, 15) is 9.59 Å². The standard InChI is InChI=1S/C14H8BrNO3S/c15-10-7-8(14(18)19)5-6-11(10)16-13(17)9-3-1-2-4-12(9)20-16/h1-7H,(H,18,19). The molecule has 1 N–H and O–H groups in total. The summed E-state index contributed by atoms with van der Waals surface area (Å²) in [6, 6.07) is 12.0. The predicted molar refractivity (Wildman–Crippen MR) is 82.1 cm³/mol. The second kappa shape index (κ2) is 4.88. The fourth-order valence-electron chi connectivity index (χ4n) is 1.94. The summed E-state index contributed by atoms with van der Waals surface area (Å²) in [5, 5.41) is 9.61. The average molecular weight is 350 g/mol. The van der Waals surface area contributed by atoms with Crippen molar-refractivity contribution in [2.24, 2.45) is 0 Å². The molecule has 0 aliphatic rings. The lowest BCUT2D eigenvalue weighted by atomic mass is 10.2. The zero-order valence-corrected chi connectivity index (χ0v) is 12.4. The number of fused-ring (bicyclic) bond motifs is 1. The quantitative estimate of drug-likeness (QED) is 0.769. The molecule has 0 fully saturated rings. The first-order chi connectivity index (χ1) is 9.58. The summed E-state index contributed by atoms with van der Waals surface area (Å²) in [6.07, 6.45) is 0. The van der Waals surface area contributed by atoms with Crippen molar-refractivity contribution in [1.82, 2.24) is 3.96 Å². The highest BCUT2D eigenvalue weighted by molar-refractivity contribution is 9.10. The second-order valence-electron chi connectivity index (χ2n) is 4.16. The van der Waals surface area contributed by atoms with Crippen LogP contribution in [0.2, 0.25) is 0 Å². The minimum atomic E-state index is -0.999. The molecule has 1 heterocycles. The number of aromatic carboxylic acids is 1. The van der Waals surface area contributed by atoms with Crippen molar-refractivity contribution in [3.8, 4) is 5.69 Å². The molecule has 3 rings (SSSR count). The highest BCUT2D eigenvalue weighted by atomic mass is 79.9. The van der Waals surface area contributed by atoms with Crippen molar-refractivity contribution in [3.63, 3.8) is 0 Å². The van der Waals surface area contributed by atoms with E-state index in [4.69, 9.17) is 5.11 Å². The van der Waals surface area contributed by atoms with Crippen LogP contribution in [0.4, 0.5) is 0 Å². The van der Waals surface area contributed by atoms with Gasteiger partial charge in [-0.2, -0.15) is 0 Å². The maximum Gasteiger partial charge on any atom is 0.335 e. The Bertz CT molecular complexity index is 882. The number of carbonyl (C=O) groups is 1. The van der Waals surface area contributed by atoms with Gasteiger partial charge in [-0.15, -0.1) is 0 Å². The number of halogens is 1. The number of carboxylic acids is 1. The van der Waals surface area contributed by atoms with Gasteiger partial charge in [0, 0.05) is 4.47 Å². The third kappa shape index (κ3) is 2.07. The van der Waals surface area contributed by atoms with Gasteiger partial charge in [0.25, 0.3) is 5.56 Å². The number of hydrogen-bond acceptors (Lipinski definition) is 3. The molecule has 6 heteroatoms. The Morgan fingerprint density at radius 1 is 1.20 bits per heavy atom. The van der Waals surface area contributed by atoms with Crippen LogP contribution < -0.4 is 5.56 Å².